The van der Waals surface area contributed by atoms with E-state index in [9.17, 15) is 18.0 Å². The Balaban J connectivity index is 1.60. The van der Waals surface area contributed by atoms with E-state index in [4.69, 9.17) is 0 Å². The third-order valence-corrected chi connectivity index (χ3v) is 8.96. The van der Waals surface area contributed by atoms with Crippen LogP contribution in [0.15, 0.2) is 45.8 Å². The molecule has 2 heterocycles. The minimum atomic E-state index is -3.91. The molecule has 0 bridgehead atoms. The zero-order valence-corrected chi connectivity index (χ0v) is 21.9. The number of piperidine rings is 1. The monoisotopic (exact) mass is 547 g/mol. The highest BCUT2D eigenvalue weighted by Crippen LogP contribution is 2.40. The van der Waals surface area contributed by atoms with Gasteiger partial charge in [0, 0.05) is 36.2 Å². The molecular weight excluding hydrogens is 518 g/mol. The van der Waals surface area contributed by atoms with Gasteiger partial charge in [-0.25, -0.2) is 8.42 Å². The van der Waals surface area contributed by atoms with Crippen LogP contribution < -0.4 is 10.2 Å². The van der Waals surface area contributed by atoms with Crippen LogP contribution in [0.4, 0.5) is 11.4 Å². The van der Waals surface area contributed by atoms with Gasteiger partial charge in [0.15, 0.2) is 0 Å². The summed E-state index contributed by atoms with van der Waals surface area (Å²) in [6.45, 7) is 4.75. The number of halogens is 1. The Morgan fingerprint density at radius 3 is 2.65 bits per heavy atom. The van der Waals surface area contributed by atoms with Crippen LogP contribution in [0.25, 0.3) is 0 Å². The van der Waals surface area contributed by atoms with E-state index < -0.39 is 15.9 Å². The number of amides is 2. The number of fused-ring (bicyclic) bond motifs is 1. The van der Waals surface area contributed by atoms with Crippen molar-refractivity contribution in [3.05, 3.63) is 52.0 Å². The first-order chi connectivity index (χ1) is 16.3. The molecule has 1 fully saturated rings. The lowest BCUT2D eigenvalue weighted by Crippen LogP contribution is -2.44. The second-order valence-electron chi connectivity index (χ2n) is 8.76. The van der Waals surface area contributed by atoms with Gasteiger partial charge in [0.05, 0.1) is 11.6 Å². The zero-order chi connectivity index (χ0) is 24.5. The Morgan fingerprint density at radius 2 is 1.91 bits per heavy atom. The summed E-state index contributed by atoms with van der Waals surface area (Å²) in [4.78, 5) is 27.3. The van der Waals surface area contributed by atoms with Crippen LogP contribution in [0.1, 0.15) is 44.2 Å². The van der Waals surface area contributed by atoms with Crippen molar-refractivity contribution in [2.24, 2.45) is 5.92 Å². The van der Waals surface area contributed by atoms with Crippen molar-refractivity contribution in [2.75, 3.05) is 29.9 Å². The van der Waals surface area contributed by atoms with Gasteiger partial charge in [-0.15, -0.1) is 0 Å². The maximum absolute atomic E-state index is 13.8. The van der Waals surface area contributed by atoms with E-state index in [-0.39, 0.29) is 23.3 Å². The Bertz CT molecular complexity index is 1210. The molecule has 2 amide bonds. The quantitative estimate of drug-likeness (QED) is 0.582. The molecule has 1 N–H and O–H groups in total. The standard InChI is InChI=1S/C25H30BrN3O4S/c1-3-17-8-5-6-10-21(17)27-25(31)19-9-7-12-28(16-19)34(32,33)22-15-20(26)14-18-11-13-29(24(18)22)23(30)4-2/h5-6,8,10,14-15,19H,3-4,7,9,11-13,16H2,1-2H3,(H,27,31). The van der Waals surface area contributed by atoms with E-state index in [0.29, 0.717) is 48.9 Å². The van der Waals surface area contributed by atoms with Gasteiger partial charge in [0.2, 0.25) is 21.8 Å². The van der Waals surface area contributed by atoms with Gasteiger partial charge >= 0.3 is 0 Å². The number of rotatable bonds is 6. The second kappa shape index (κ2) is 10.2. The largest absolute Gasteiger partial charge is 0.326 e. The van der Waals surface area contributed by atoms with E-state index in [1.165, 1.54) is 4.31 Å². The molecule has 0 spiro atoms. The summed E-state index contributed by atoms with van der Waals surface area (Å²) in [5, 5.41) is 3.00. The summed E-state index contributed by atoms with van der Waals surface area (Å²) in [6.07, 6.45) is 2.94. The van der Waals surface area contributed by atoms with E-state index in [1.54, 1.807) is 17.9 Å². The van der Waals surface area contributed by atoms with Crippen molar-refractivity contribution >= 4 is 49.1 Å². The maximum atomic E-state index is 13.8. The average molecular weight is 549 g/mol. The summed E-state index contributed by atoms with van der Waals surface area (Å²) in [7, 11) is -3.91. The summed E-state index contributed by atoms with van der Waals surface area (Å²) in [5.41, 5.74) is 3.14. The number of carbonyl (C=O) groups excluding carboxylic acids is 2. The molecule has 0 radical (unpaired) electrons. The van der Waals surface area contributed by atoms with Gasteiger partial charge in [-0.1, -0.05) is 48.0 Å². The molecule has 7 nitrogen and oxygen atoms in total. The fourth-order valence-corrected chi connectivity index (χ4v) is 7.25. The number of hydrogen-bond donors (Lipinski definition) is 1. The molecule has 1 atom stereocenters. The number of para-hydroxylation sites is 1. The summed E-state index contributed by atoms with van der Waals surface area (Å²) in [5.74, 6) is -0.701. The lowest BCUT2D eigenvalue weighted by molar-refractivity contribution is -0.121. The van der Waals surface area contributed by atoms with Crippen LogP contribution in [0, 0.1) is 5.92 Å². The number of carbonyl (C=O) groups is 2. The second-order valence-corrected chi connectivity index (χ2v) is 11.6. The van der Waals surface area contributed by atoms with E-state index >= 15 is 0 Å². The van der Waals surface area contributed by atoms with E-state index in [2.05, 4.69) is 21.2 Å². The van der Waals surface area contributed by atoms with Crippen molar-refractivity contribution in [1.29, 1.82) is 0 Å². The molecule has 182 valence electrons. The lowest BCUT2D eigenvalue weighted by atomic mass is 9.98. The van der Waals surface area contributed by atoms with Gasteiger partial charge in [0.1, 0.15) is 4.90 Å². The molecule has 2 aliphatic heterocycles. The smallest absolute Gasteiger partial charge is 0.245 e. The Kier molecular flexibility index (Phi) is 7.45. The van der Waals surface area contributed by atoms with Gasteiger partial charge in [-0.3, -0.25) is 9.59 Å². The fourth-order valence-electron chi connectivity index (χ4n) is 4.81. The highest BCUT2D eigenvalue weighted by atomic mass is 79.9. The highest BCUT2D eigenvalue weighted by Gasteiger charge is 2.38. The molecule has 0 aliphatic carbocycles. The fraction of sp³-hybridized carbons (Fsp3) is 0.440. The van der Waals surface area contributed by atoms with Crippen LogP contribution in [0.3, 0.4) is 0 Å². The summed E-state index contributed by atoms with van der Waals surface area (Å²) >= 11 is 3.44. The normalized spacial score (nSPS) is 18.6. The first kappa shape index (κ1) is 24.9. The van der Waals surface area contributed by atoms with Gasteiger partial charge in [-0.2, -0.15) is 4.31 Å². The molecule has 1 saturated heterocycles. The van der Waals surface area contributed by atoms with Crippen LogP contribution in [0.5, 0.6) is 0 Å². The SMILES string of the molecule is CCC(=O)N1CCc2cc(Br)cc(S(=O)(=O)N3CCCC(C(=O)Nc4ccccc4CC)C3)c21. The molecule has 0 aromatic heterocycles. The maximum Gasteiger partial charge on any atom is 0.245 e. The Labute approximate surface area is 209 Å². The third-order valence-electron chi connectivity index (χ3n) is 6.63. The number of hydrogen-bond acceptors (Lipinski definition) is 4. The molecule has 2 aromatic rings. The molecule has 2 aromatic carbocycles. The zero-order valence-electron chi connectivity index (χ0n) is 19.5. The highest BCUT2D eigenvalue weighted by molar-refractivity contribution is 9.10. The van der Waals surface area contributed by atoms with E-state index in [0.717, 1.165) is 23.2 Å². The number of benzene rings is 2. The molecule has 0 saturated carbocycles. The van der Waals surface area contributed by atoms with Gasteiger partial charge in [0.25, 0.3) is 0 Å². The number of anilines is 2. The molecule has 2 aliphatic rings. The van der Waals surface area contributed by atoms with Crippen LogP contribution in [-0.4, -0.2) is 44.2 Å². The molecule has 34 heavy (non-hydrogen) atoms. The lowest BCUT2D eigenvalue weighted by Gasteiger charge is -2.32. The van der Waals surface area contributed by atoms with Crippen molar-refractivity contribution in [1.82, 2.24) is 4.31 Å². The predicted molar refractivity (Wildman–Crippen MR) is 136 cm³/mol. The molecule has 4 rings (SSSR count). The van der Waals surface area contributed by atoms with Crippen LogP contribution in [0.2, 0.25) is 0 Å². The molecular formula is C25H30BrN3O4S. The Hall–Kier alpha value is -2.23. The van der Waals surface area contributed by atoms with Crippen molar-refractivity contribution in [3.63, 3.8) is 0 Å². The topological polar surface area (TPSA) is 86.8 Å². The molecule has 9 heteroatoms. The van der Waals surface area contributed by atoms with Crippen LogP contribution >= 0.6 is 15.9 Å². The van der Waals surface area contributed by atoms with Crippen molar-refractivity contribution in [3.8, 4) is 0 Å². The first-order valence-corrected chi connectivity index (χ1v) is 14.0. The number of nitrogens with zero attached hydrogens (tertiary/aromatic N) is 2. The number of sulfonamides is 1. The minimum Gasteiger partial charge on any atom is -0.326 e. The number of aryl methyl sites for hydroxylation is 1. The number of nitrogens with one attached hydrogen (secondary N) is 1. The van der Waals surface area contributed by atoms with Gasteiger partial charge < -0.3 is 10.2 Å². The van der Waals surface area contributed by atoms with E-state index in [1.807, 2.05) is 37.3 Å². The van der Waals surface area contributed by atoms with Crippen LogP contribution in [-0.2, 0) is 32.5 Å². The predicted octanol–water partition coefficient (Wildman–Crippen LogP) is 4.35. The Morgan fingerprint density at radius 1 is 1.15 bits per heavy atom. The average Bonchev–Trinajstić information content (AvgIpc) is 3.27. The summed E-state index contributed by atoms with van der Waals surface area (Å²) in [6, 6.07) is 11.1. The third kappa shape index (κ3) is 4.78. The molecule has 1 unspecified atom stereocenters. The minimum absolute atomic E-state index is 0.0944. The summed E-state index contributed by atoms with van der Waals surface area (Å²) < 4.78 is 29.7. The van der Waals surface area contributed by atoms with Crippen molar-refractivity contribution < 1.29 is 18.0 Å². The van der Waals surface area contributed by atoms with Gasteiger partial charge in [-0.05, 0) is 55.0 Å². The first-order valence-electron chi connectivity index (χ1n) is 11.8. The van der Waals surface area contributed by atoms with Crippen molar-refractivity contribution in [2.45, 2.75) is 50.8 Å².